The average molecular weight is 290 g/mol. The Morgan fingerprint density at radius 1 is 1.43 bits per heavy atom. The van der Waals surface area contributed by atoms with Crippen LogP contribution in [0.15, 0.2) is 24.3 Å². The van der Waals surface area contributed by atoms with Crippen LogP contribution in [0.2, 0.25) is 0 Å². The lowest BCUT2D eigenvalue weighted by Gasteiger charge is -2.25. The maximum Gasteiger partial charge on any atom is 0.256 e. The van der Waals surface area contributed by atoms with Gasteiger partial charge in [0.1, 0.15) is 0 Å². The first-order valence-electron chi connectivity index (χ1n) is 7.88. The van der Waals surface area contributed by atoms with Gasteiger partial charge in [0.2, 0.25) is 0 Å². The Morgan fingerprint density at radius 2 is 2.19 bits per heavy atom. The van der Waals surface area contributed by atoms with Crippen LogP contribution in [0.1, 0.15) is 44.0 Å². The Balaban J connectivity index is 2.12. The molecule has 0 saturated carbocycles. The molecule has 1 unspecified atom stereocenters. The lowest BCUT2D eigenvalue weighted by atomic mass is 10.1. The Bertz CT molecular complexity index is 468. The molecule has 0 spiro atoms. The van der Waals surface area contributed by atoms with E-state index in [0.717, 1.165) is 30.7 Å². The second-order valence-corrected chi connectivity index (χ2v) is 5.82. The van der Waals surface area contributed by atoms with E-state index in [2.05, 4.69) is 19.2 Å². The summed E-state index contributed by atoms with van der Waals surface area (Å²) in [5, 5.41) is 3.35. The van der Waals surface area contributed by atoms with Crippen molar-refractivity contribution >= 4 is 11.6 Å². The van der Waals surface area contributed by atoms with E-state index < -0.39 is 0 Å². The van der Waals surface area contributed by atoms with E-state index in [1.165, 1.54) is 0 Å². The second kappa shape index (κ2) is 7.46. The molecule has 1 aromatic carbocycles. The van der Waals surface area contributed by atoms with Crippen molar-refractivity contribution in [1.82, 2.24) is 4.90 Å². The van der Waals surface area contributed by atoms with Gasteiger partial charge in [-0.05, 0) is 45.7 Å². The summed E-state index contributed by atoms with van der Waals surface area (Å²) in [6.07, 6.45) is 2.34. The lowest BCUT2D eigenvalue weighted by molar-refractivity contribution is 0.0540. The summed E-state index contributed by atoms with van der Waals surface area (Å²) in [6, 6.07) is 8.03. The number of hydrogen-bond acceptors (Lipinski definition) is 3. The second-order valence-electron chi connectivity index (χ2n) is 5.82. The third-order valence-corrected chi connectivity index (χ3v) is 3.72. The summed E-state index contributed by atoms with van der Waals surface area (Å²) in [5.74, 6) is 0.0803. The van der Waals surface area contributed by atoms with Crippen LogP contribution >= 0.6 is 0 Å². The molecular weight excluding hydrogens is 264 g/mol. The molecule has 2 rings (SSSR count). The first kappa shape index (κ1) is 15.8. The first-order valence-corrected chi connectivity index (χ1v) is 7.88. The van der Waals surface area contributed by atoms with Gasteiger partial charge in [-0.25, -0.2) is 0 Å². The maximum absolute atomic E-state index is 12.8. The van der Waals surface area contributed by atoms with Crippen LogP contribution in [0.5, 0.6) is 0 Å². The highest BCUT2D eigenvalue weighted by Crippen LogP contribution is 2.20. The summed E-state index contributed by atoms with van der Waals surface area (Å²) in [5.41, 5.74) is 1.65. The molecule has 21 heavy (non-hydrogen) atoms. The molecule has 1 atom stereocenters. The highest BCUT2D eigenvalue weighted by molar-refractivity contribution is 5.99. The highest BCUT2D eigenvalue weighted by Gasteiger charge is 2.23. The van der Waals surface area contributed by atoms with E-state index >= 15 is 0 Å². The summed E-state index contributed by atoms with van der Waals surface area (Å²) < 4.78 is 5.66. The maximum atomic E-state index is 12.8. The fourth-order valence-corrected chi connectivity index (χ4v) is 2.67. The number of amides is 1. The molecule has 1 aliphatic heterocycles. The fourth-order valence-electron chi connectivity index (χ4n) is 2.67. The van der Waals surface area contributed by atoms with Crippen molar-refractivity contribution in [1.29, 1.82) is 0 Å². The fraction of sp³-hybridized carbons (Fsp3) is 0.588. The highest BCUT2D eigenvalue weighted by atomic mass is 16.5. The van der Waals surface area contributed by atoms with Gasteiger partial charge >= 0.3 is 0 Å². The third kappa shape index (κ3) is 4.21. The van der Waals surface area contributed by atoms with Gasteiger partial charge in [0, 0.05) is 31.4 Å². The van der Waals surface area contributed by atoms with Crippen LogP contribution in [-0.2, 0) is 4.74 Å². The van der Waals surface area contributed by atoms with Crippen molar-refractivity contribution in [3.63, 3.8) is 0 Å². The van der Waals surface area contributed by atoms with Gasteiger partial charge in [-0.3, -0.25) is 4.79 Å². The number of rotatable bonds is 6. The Kier molecular flexibility index (Phi) is 5.62. The number of carbonyl (C=O) groups is 1. The number of ether oxygens (including phenoxy) is 1. The largest absolute Gasteiger partial charge is 0.382 e. The number of anilines is 1. The van der Waals surface area contributed by atoms with Crippen LogP contribution in [0, 0.1) is 0 Å². The minimum atomic E-state index is 0.0803. The molecule has 0 bridgehead atoms. The van der Waals surface area contributed by atoms with Crippen molar-refractivity contribution in [2.24, 2.45) is 0 Å². The standard InChI is InChI=1S/C17H26N2O2/c1-4-19(12-14-8-7-11-21-14)17(20)15-9-5-6-10-16(15)18-13(2)3/h5-6,9-10,13-14,18H,4,7-8,11-12H2,1-3H3. The quantitative estimate of drug-likeness (QED) is 0.875. The smallest absolute Gasteiger partial charge is 0.256 e. The zero-order valence-electron chi connectivity index (χ0n) is 13.3. The Labute approximate surface area is 127 Å². The van der Waals surface area contributed by atoms with E-state index in [1.807, 2.05) is 36.1 Å². The molecule has 0 aromatic heterocycles. The molecule has 1 saturated heterocycles. The van der Waals surface area contributed by atoms with Crippen LogP contribution in [0.25, 0.3) is 0 Å². The molecule has 1 aromatic rings. The molecular formula is C17H26N2O2. The lowest BCUT2D eigenvalue weighted by Crippen LogP contribution is -2.37. The van der Waals surface area contributed by atoms with Crippen molar-refractivity contribution in [2.75, 3.05) is 25.0 Å². The van der Waals surface area contributed by atoms with E-state index in [-0.39, 0.29) is 12.0 Å². The van der Waals surface area contributed by atoms with Crippen molar-refractivity contribution in [3.8, 4) is 0 Å². The molecule has 1 amide bonds. The van der Waals surface area contributed by atoms with E-state index in [4.69, 9.17) is 4.74 Å². The van der Waals surface area contributed by atoms with Gasteiger partial charge in [0.05, 0.1) is 11.7 Å². The van der Waals surface area contributed by atoms with E-state index in [9.17, 15) is 4.79 Å². The van der Waals surface area contributed by atoms with Gasteiger partial charge in [0.15, 0.2) is 0 Å². The van der Waals surface area contributed by atoms with Crippen molar-refractivity contribution < 1.29 is 9.53 Å². The van der Waals surface area contributed by atoms with Crippen molar-refractivity contribution in [3.05, 3.63) is 29.8 Å². The molecule has 1 fully saturated rings. The van der Waals surface area contributed by atoms with E-state index in [1.54, 1.807) is 0 Å². The monoisotopic (exact) mass is 290 g/mol. The zero-order valence-corrected chi connectivity index (χ0v) is 13.3. The van der Waals surface area contributed by atoms with Crippen molar-refractivity contribution in [2.45, 2.75) is 45.8 Å². The van der Waals surface area contributed by atoms with E-state index in [0.29, 0.717) is 19.1 Å². The first-order chi connectivity index (χ1) is 10.1. The predicted molar refractivity (Wildman–Crippen MR) is 85.8 cm³/mol. The van der Waals surface area contributed by atoms with Crippen LogP contribution in [0.3, 0.4) is 0 Å². The topological polar surface area (TPSA) is 41.6 Å². The van der Waals surface area contributed by atoms with Gasteiger partial charge in [-0.2, -0.15) is 0 Å². The number of nitrogens with zero attached hydrogens (tertiary/aromatic N) is 1. The van der Waals surface area contributed by atoms with Crippen LogP contribution < -0.4 is 5.32 Å². The minimum absolute atomic E-state index is 0.0803. The Morgan fingerprint density at radius 3 is 2.81 bits per heavy atom. The van der Waals surface area contributed by atoms with Gasteiger partial charge in [-0.1, -0.05) is 12.1 Å². The number of nitrogens with one attached hydrogen (secondary N) is 1. The number of hydrogen-bond donors (Lipinski definition) is 1. The normalized spacial score (nSPS) is 18.0. The number of benzene rings is 1. The molecule has 0 aliphatic carbocycles. The summed E-state index contributed by atoms with van der Waals surface area (Å²) in [6.45, 7) is 8.38. The minimum Gasteiger partial charge on any atom is -0.382 e. The molecule has 4 nitrogen and oxygen atoms in total. The summed E-state index contributed by atoms with van der Waals surface area (Å²) in [7, 11) is 0. The molecule has 4 heteroatoms. The van der Waals surface area contributed by atoms with Gasteiger partial charge in [-0.15, -0.1) is 0 Å². The molecule has 1 heterocycles. The summed E-state index contributed by atoms with van der Waals surface area (Å²) >= 11 is 0. The molecule has 1 N–H and O–H groups in total. The molecule has 116 valence electrons. The number of para-hydroxylation sites is 1. The zero-order chi connectivity index (χ0) is 15.2. The SMILES string of the molecule is CCN(CC1CCCO1)C(=O)c1ccccc1NC(C)C. The third-order valence-electron chi connectivity index (χ3n) is 3.72. The average Bonchev–Trinajstić information content (AvgIpc) is 2.97. The van der Waals surface area contributed by atoms with Crippen LogP contribution in [0.4, 0.5) is 5.69 Å². The Hall–Kier alpha value is -1.55. The number of carbonyl (C=O) groups excluding carboxylic acids is 1. The van der Waals surface area contributed by atoms with Crippen LogP contribution in [-0.4, -0.2) is 42.6 Å². The van der Waals surface area contributed by atoms with Gasteiger partial charge < -0.3 is 15.0 Å². The molecule has 1 aliphatic rings. The molecule has 0 radical (unpaired) electrons. The predicted octanol–water partition coefficient (Wildman–Crippen LogP) is 3.15. The van der Waals surface area contributed by atoms with Gasteiger partial charge in [0.25, 0.3) is 5.91 Å². The summed E-state index contributed by atoms with van der Waals surface area (Å²) in [4.78, 5) is 14.7. The number of likely N-dealkylation sites (N-methyl/N-ethyl adjacent to an activating group) is 1.